The highest BCUT2D eigenvalue weighted by Gasteiger charge is 2.60. The molecule has 0 amide bonds. The normalized spacial score (nSPS) is 21.4. The first kappa shape index (κ1) is 14.1. The van der Waals surface area contributed by atoms with Crippen LogP contribution in [-0.4, -0.2) is 18.0 Å². The van der Waals surface area contributed by atoms with Gasteiger partial charge in [-0.25, -0.2) is 13.8 Å². The summed E-state index contributed by atoms with van der Waals surface area (Å²) in [7, 11) is 0. The molecule has 0 bridgehead atoms. The molecule has 6 heteroatoms. The molecule has 2 saturated carbocycles. The van der Waals surface area contributed by atoms with Crippen LogP contribution in [0.15, 0.2) is 12.3 Å². The largest absolute Gasteiger partial charge is 0.383 e. The number of nitrogens with zero attached hydrogens (tertiary/aromatic N) is 2. The average molecular weight is 292 g/mol. The summed E-state index contributed by atoms with van der Waals surface area (Å²) in [5.41, 5.74) is 5.54. The van der Waals surface area contributed by atoms with Crippen molar-refractivity contribution in [3.05, 3.63) is 17.8 Å². The number of aromatic nitrogens is 1. The Kier molecular flexibility index (Phi) is 3.23. The van der Waals surface area contributed by atoms with Crippen molar-refractivity contribution in [2.75, 3.05) is 17.6 Å². The molecule has 2 fully saturated rings. The summed E-state index contributed by atoms with van der Waals surface area (Å²) < 4.78 is 26.9. The summed E-state index contributed by atoms with van der Waals surface area (Å²) in [5, 5.41) is 12.1. The summed E-state index contributed by atoms with van der Waals surface area (Å²) in [5.74, 6) is 0.123. The van der Waals surface area contributed by atoms with Gasteiger partial charge in [0.1, 0.15) is 17.5 Å². The first-order chi connectivity index (χ1) is 10.0. The quantitative estimate of drug-likeness (QED) is 0.894. The minimum absolute atomic E-state index is 0.123. The van der Waals surface area contributed by atoms with E-state index in [0.29, 0.717) is 18.5 Å². The zero-order valence-electron chi connectivity index (χ0n) is 11.7. The standard InChI is InChI=1S/C15H18F2N4/c16-13(17)15(7-14(8-15)3-1-4-14)9-21-11-2-5-20-12(19)10(11)6-18/h2,5,13H,1,3-4,7-9H2,(H3,19,20,21). The van der Waals surface area contributed by atoms with Crippen LogP contribution >= 0.6 is 0 Å². The molecule has 0 radical (unpaired) electrons. The van der Waals surface area contributed by atoms with Crippen LogP contribution in [0.3, 0.4) is 0 Å². The Morgan fingerprint density at radius 1 is 1.43 bits per heavy atom. The van der Waals surface area contributed by atoms with Gasteiger partial charge in [0.05, 0.1) is 5.69 Å². The molecule has 3 rings (SSSR count). The molecule has 0 aromatic carbocycles. The lowest BCUT2D eigenvalue weighted by Gasteiger charge is -2.60. The SMILES string of the molecule is N#Cc1c(NCC2(C(F)F)CC3(CCC3)C2)ccnc1N. The van der Waals surface area contributed by atoms with Crippen molar-refractivity contribution in [2.24, 2.45) is 10.8 Å². The minimum atomic E-state index is -2.35. The summed E-state index contributed by atoms with van der Waals surface area (Å²) in [6.45, 7) is 0.171. The van der Waals surface area contributed by atoms with E-state index >= 15 is 0 Å². The fourth-order valence-corrected chi connectivity index (χ4v) is 3.84. The number of nitriles is 1. The van der Waals surface area contributed by atoms with Crippen molar-refractivity contribution in [1.29, 1.82) is 5.26 Å². The average Bonchev–Trinajstić information content (AvgIpc) is 2.35. The second-order valence-electron chi connectivity index (χ2n) is 6.45. The highest BCUT2D eigenvalue weighted by Crippen LogP contribution is 2.66. The van der Waals surface area contributed by atoms with Gasteiger partial charge < -0.3 is 11.1 Å². The van der Waals surface area contributed by atoms with Crippen molar-refractivity contribution in [1.82, 2.24) is 4.98 Å². The van der Waals surface area contributed by atoms with Gasteiger partial charge in [-0.3, -0.25) is 0 Å². The molecule has 2 aliphatic carbocycles. The Hall–Kier alpha value is -1.90. The number of hydrogen-bond donors (Lipinski definition) is 2. The minimum Gasteiger partial charge on any atom is -0.383 e. The van der Waals surface area contributed by atoms with E-state index in [2.05, 4.69) is 10.3 Å². The van der Waals surface area contributed by atoms with Crippen LogP contribution in [0.2, 0.25) is 0 Å². The van der Waals surface area contributed by atoms with E-state index in [1.165, 1.54) is 6.20 Å². The highest BCUT2D eigenvalue weighted by atomic mass is 19.3. The van der Waals surface area contributed by atoms with Crippen LogP contribution in [0, 0.1) is 22.2 Å². The smallest absolute Gasteiger partial charge is 0.245 e. The molecular weight excluding hydrogens is 274 g/mol. The molecular formula is C15H18F2N4. The lowest BCUT2D eigenvalue weighted by molar-refractivity contribution is -0.162. The molecule has 1 spiro atoms. The predicted octanol–water partition coefficient (Wildman–Crippen LogP) is 3.16. The number of nitrogens with two attached hydrogens (primary N) is 1. The third-order valence-corrected chi connectivity index (χ3v) is 5.05. The van der Waals surface area contributed by atoms with Gasteiger partial charge >= 0.3 is 0 Å². The number of hydrogen-bond acceptors (Lipinski definition) is 4. The maximum Gasteiger partial charge on any atom is 0.245 e. The van der Waals surface area contributed by atoms with Gasteiger partial charge in [0.25, 0.3) is 0 Å². The highest BCUT2D eigenvalue weighted by molar-refractivity contribution is 5.66. The number of anilines is 2. The Morgan fingerprint density at radius 3 is 2.67 bits per heavy atom. The molecule has 3 N–H and O–H groups in total. The molecule has 1 aromatic heterocycles. The summed E-state index contributed by atoms with van der Waals surface area (Å²) in [4.78, 5) is 3.84. The zero-order chi connectivity index (χ0) is 15.1. The van der Waals surface area contributed by atoms with Gasteiger partial charge in [0, 0.05) is 18.2 Å². The van der Waals surface area contributed by atoms with Crippen LogP contribution in [0.25, 0.3) is 0 Å². The number of alkyl halides is 2. The molecule has 21 heavy (non-hydrogen) atoms. The molecule has 0 saturated heterocycles. The number of halogens is 2. The topological polar surface area (TPSA) is 74.7 Å². The van der Waals surface area contributed by atoms with Crippen molar-refractivity contribution < 1.29 is 8.78 Å². The monoisotopic (exact) mass is 292 g/mol. The van der Waals surface area contributed by atoms with Crippen LogP contribution in [0.4, 0.5) is 20.3 Å². The van der Waals surface area contributed by atoms with Gasteiger partial charge in [-0.15, -0.1) is 0 Å². The van der Waals surface area contributed by atoms with Crippen LogP contribution in [-0.2, 0) is 0 Å². The summed E-state index contributed by atoms with van der Waals surface area (Å²) >= 11 is 0. The van der Waals surface area contributed by atoms with Gasteiger partial charge in [-0.05, 0) is 37.2 Å². The predicted molar refractivity (Wildman–Crippen MR) is 75.8 cm³/mol. The summed E-state index contributed by atoms with van der Waals surface area (Å²) in [6.07, 6.45) is 3.59. The Labute approximate surface area is 122 Å². The fourth-order valence-electron chi connectivity index (χ4n) is 3.84. The molecule has 0 aliphatic heterocycles. The van der Waals surface area contributed by atoms with E-state index in [4.69, 9.17) is 11.0 Å². The van der Waals surface area contributed by atoms with E-state index in [0.717, 1.165) is 19.3 Å². The van der Waals surface area contributed by atoms with Gasteiger partial charge in [-0.1, -0.05) is 6.42 Å². The van der Waals surface area contributed by atoms with Gasteiger partial charge in [0.15, 0.2) is 0 Å². The molecule has 112 valence electrons. The van der Waals surface area contributed by atoms with Crippen molar-refractivity contribution in [2.45, 2.75) is 38.5 Å². The Morgan fingerprint density at radius 2 is 2.14 bits per heavy atom. The lowest BCUT2D eigenvalue weighted by atomic mass is 9.45. The Balaban J connectivity index is 1.72. The van der Waals surface area contributed by atoms with E-state index in [-0.39, 0.29) is 23.3 Å². The van der Waals surface area contributed by atoms with E-state index in [9.17, 15) is 8.78 Å². The number of nitrogen functional groups attached to an aromatic ring is 1. The third kappa shape index (κ3) is 2.21. The van der Waals surface area contributed by atoms with Crippen molar-refractivity contribution in [3.8, 4) is 6.07 Å². The second-order valence-corrected chi connectivity index (χ2v) is 6.45. The number of rotatable bonds is 4. The van der Waals surface area contributed by atoms with E-state index in [1.807, 2.05) is 6.07 Å². The molecule has 0 atom stereocenters. The van der Waals surface area contributed by atoms with Crippen LogP contribution in [0.1, 0.15) is 37.7 Å². The van der Waals surface area contributed by atoms with E-state index < -0.39 is 11.8 Å². The first-order valence-electron chi connectivity index (χ1n) is 7.17. The summed E-state index contributed by atoms with van der Waals surface area (Å²) in [6, 6.07) is 3.57. The fraction of sp³-hybridized carbons (Fsp3) is 0.600. The lowest BCUT2D eigenvalue weighted by Crippen LogP contribution is -2.57. The van der Waals surface area contributed by atoms with Crippen molar-refractivity contribution in [3.63, 3.8) is 0 Å². The van der Waals surface area contributed by atoms with E-state index in [1.54, 1.807) is 6.07 Å². The molecule has 0 unspecified atom stereocenters. The maximum atomic E-state index is 13.5. The van der Waals surface area contributed by atoms with Gasteiger partial charge in [-0.2, -0.15) is 5.26 Å². The first-order valence-corrected chi connectivity index (χ1v) is 7.17. The Bertz CT molecular complexity index is 582. The number of pyridine rings is 1. The maximum absolute atomic E-state index is 13.5. The zero-order valence-corrected chi connectivity index (χ0v) is 11.7. The van der Waals surface area contributed by atoms with Crippen LogP contribution < -0.4 is 11.1 Å². The number of nitrogens with one attached hydrogen (secondary N) is 1. The molecule has 1 aromatic rings. The second kappa shape index (κ2) is 4.83. The molecule has 4 nitrogen and oxygen atoms in total. The molecule has 1 heterocycles. The molecule has 2 aliphatic rings. The van der Waals surface area contributed by atoms with Gasteiger partial charge in [0.2, 0.25) is 6.43 Å². The van der Waals surface area contributed by atoms with Crippen molar-refractivity contribution >= 4 is 11.5 Å². The van der Waals surface area contributed by atoms with Crippen LogP contribution in [0.5, 0.6) is 0 Å². The third-order valence-electron chi connectivity index (χ3n) is 5.05.